The zero-order chi connectivity index (χ0) is 9.07. The van der Waals surface area contributed by atoms with Crippen molar-refractivity contribution >= 4 is 25.0 Å². The Morgan fingerprint density at radius 1 is 0.692 bits per heavy atom. The topological polar surface area (TPSA) is 0 Å². The zero-order valence-corrected chi connectivity index (χ0v) is 10.6. The lowest BCUT2D eigenvalue weighted by Gasteiger charge is -1.99. The smallest absolute Gasteiger partial charge is 0.00979 e. The van der Waals surface area contributed by atoms with Gasteiger partial charge in [-0.2, -0.15) is 12.6 Å². The Balaban J connectivity index is 0. The van der Waals surface area contributed by atoms with Crippen molar-refractivity contribution in [1.82, 2.24) is 0 Å². The van der Waals surface area contributed by atoms with Gasteiger partial charge < -0.3 is 0 Å². The van der Waals surface area contributed by atoms with E-state index in [2.05, 4.69) is 19.6 Å². The second kappa shape index (κ2) is 15.1. The maximum absolute atomic E-state index is 4.19. The average molecular weight is 225 g/mol. The molecule has 0 unspecified atom stereocenters. The van der Waals surface area contributed by atoms with E-state index in [1.807, 2.05) is 0 Å². The largest absolute Gasteiger partial charge is 0.179 e. The van der Waals surface area contributed by atoms with Crippen LogP contribution < -0.4 is 0 Å². The molecule has 0 atom stereocenters. The quantitative estimate of drug-likeness (QED) is 0.419. The minimum atomic E-state index is 0. The minimum Gasteiger partial charge on any atom is -0.179 e. The van der Waals surface area contributed by atoms with E-state index in [-0.39, 0.29) is 12.4 Å². The first kappa shape index (κ1) is 16.1. The number of unbranched alkanes of at least 4 members (excludes halogenated alkanes) is 8. The van der Waals surface area contributed by atoms with Crippen molar-refractivity contribution in [2.75, 3.05) is 5.75 Å². The highest BCUT2D eigenvalue weighted by Crippen LogP contribution is 2.09. The van der Waals surface area contributed by atoms with Gasteiger partial charge in [0.25, 0.3) is 0 Å². The molecule has 0 N–H and O–H groups in total. The van der Waals surface area contributed by atoms with Crippen LogP contribution in [0.4, 0.5) is 0 Å². The lowest BCUT2D eigenvalue weighted by atomic mass is 10.1. The molecule has 13 heavy (non-hydrogen) atoms. The highest BCUT2D eigenvalue weighted by atomic mass is 35.5. The Bertz CT molecular complexity index is 66.5. The Morgan fingerprint density at radius 2 is 1.08 bits per heavy atom. The van der Waals surface area contributed by atoms with Gasteiger partial charge in [-0.25, -0.2) is 0 Å². The Kier molecular flexibility index (Phi) is 18.7. The van der Waals surface area contributed by atoms with Crippen LogP contribution in [0.15, 0.2) is 0 Å². The molecule has 0 amide bonds. The van der Waals surface area contributed by atoms with Crippen molar-refractivity contribution in [1.29, 1.82) is 0 Å². The standard InChI is InChI=1S/C11H24S.ClH/c1-2-3-4-5-6-7-8-9-10-11-12;/h12H,2-11H2,1H3;1H. The summed E-state index contributed by atoms with van der Waals surface area (Å²) in [5.41, 5.74) is 0. The van der Waals surface area contributed by atoms with Gasteiger partial charge in [-0.05, 0) is 12.2 Å². The fourth-order valence-electron chi connectivity index (χ4n) is 1.42. The highest BCUT2D eigenvalue weighted by molar-refractivity contribution is 7.80. The highest BCUT2D eigenvalue weighted by Gasteiger charge is 1.90. The van der Waals surface area contributed by atoms with Crippen molar-refractivity contribution in [2.24, 2.45) is 0 Å². The molecule has 0 aromatic carbocycles. The third kappa shape index (κ3) is 15.4. The van der Waals surface area contributed by atoms with Crippen molar-refractivity contribution in [3.05, 3.63) is 0 Å². The molecule has 0 saturated carbocycles. The van der Waals surface area contributed by atoms with Gasteiger partial charge in [0.15, 0.2) is 0 Å². The van der Waals surface area contributed by atoms with Gasteiger partial charge in [-0.1, -0.05) is 58.3 Å². The van der Waals surface area contributed by atoms with Crippen molar-refractivity contribution < 1.29 is 0 Å². The van der Waals surface area contributed by atoms with Crippen LogP contribution in [0.1, 0.15) is 64.7 Å². The van der Waals surface area contributed by atoms with Crippen molar-refractivity contribution in [3.63, 3.8) is 0 Å². The normalized spacial score (nSPS) is 9.69. The molecule has 0 heterocycles. The summed E-state index contributed by atoms with van der Waals surface area (Å²) in [6.07, 6.45) is 12.7. The minimum absolute atomic E-state index is 0. The molecule has 0 nitrogen and oxygen atoms in total. The molecule has 0 spiro atoms. The summed E-state index contributed by atoms with van der Waals surface area (Å²) >= 11 is 4.19. The summed E-state index contributed by atoms with van der Waals surface area (Å²) in [5, 5.41) is 0. The van der Waals surface area contributed by atoms with Crippen LogP contribution in [0.2, 0.25) is 0 Å². The SMILES string of the molecule is CCCCCCCCCCCS.Cl. The lowest BCUT2D eigenvalue weighted by molar-refractivity contribution is 0.573. The van der Waals surface area contributed by atoms with Gasteiger partial charge in [-0.3, -0.25) is 0 Å². The lowest BCUT2D eigenvalue weighted by Crippen LogP contribution is -1.81. The number of hydrogen-bond acceptors (Lipinski definition) is 1. The second-order valence-corrected chi connectivity index (χ2v) is 4.00. The maximum atomic E-state index is 4.19. The summed E-state index contributed by atoms with van der Waals surface area (Å²) in [6.45, 7) is 2.27. The molecule has 0 aliphatic carbocycles. The van der Waals surface area contributed by atoms with E-state index in [1.54, 1.807) is 0 Å². The molecule has 0 aliphatic rings. The van der Waals surface area contributed by atoms with Crippen LogP contribution in [0.3, 0.4) is 0 Å². The van der Waals surface area contributed by atoms with E-state index >= 15 is 0 Å². The summed E-state index contributed by atoms with van der Waals surface area (Å²) in [4.78, 5) is 0. The second-order valence-electron chi connectivity index (χ2n) is 3.55. The molecule has 82 valence electrons. The van der Waals surface area contributed by atoms with Crippen LogP contribution >= 0.6 is 25.0 Å². The van der Waals surface area contributed by atoms with Crippen LogP contribution in [-0.4, -0.2) is 5.75 Å². The molecule has 0 aromatic rings. The van der Waals surface area contributed by atoms with Gasteiger partial charge in [0.1, 0.15) is 0 Å². The van der Waals surface area contributed by atoms with Gasteiger partial charge in [0.05, 0.1) is 0 Å². The van der Waals surface area contributed by atoms with Gasteiger partial charge in [0, 0.05) is 0 Å². The first-order chi connectivity index (χ1) is 5.91. The third-order valence-electron chi connectivity index (χ3n) is 2.26. The van der Waals surface area contributed by atoms with Crippen molar-refractivity contribution in [2.45, 2.75) is 64.7 Å². The molecular formula is C11H25ClS. The van der Waals surface area contributed by atoms with E-state index in [1.165, 1.54) is 57.8 Å². The third-order valence-corrected chi connectivity index (χ3v) is 2.58. The van der Waals surface area contributed by atoms with Crippen LogP contribution in [0.5, 0.6) is 0 Å². The van der Waals surface area contributed by atoms with Crippen LogP contribution in [0.25, 0.3) is 0 Å². The summed E-state index contributed by atoms with van der Waals surface area (Å²) < 4.78 is 0. The number of halogens is 1. The van der Waals surface area contributed by atoms with Gasteiger partial charge in [0.2, 0.25) is 0 Å². The van der Waals surface area contributed by atoms with E-state index in [0.717, 1.165) is 5.75 Å². The first-order valence-corrected chi connectivity index (χ1v) is 6.16. The van der Waals surface area contributed by atoms with Gasteiger partial charge in [-0.15, -0.1) is 12.4 Å². The van der Waals surface area contributed by atoms with E-state index in [9.17, 15) is 0 Å². The van der Waals surface area contributed by atoms with Gasteiger partial charge >= 0.3 is 0 Å². The van der Waals surface area contributed by atoms with Crippen molar-refractivity contribution in [3.8, 4) is 0 Å². The first-order valence-electron chi connectivity index (χ1n) is 5.52. The number of rotatable bonds is 9. The summed E-state index contributed by atoms with van der Waals surface area (Å²) in [7, 11) is 0. The molecule has 0 fully saturated rings. The molecule has 0 radical (unpaired) electrons. The predicted octanol–water partition coefficient (Wildman–Crippen LogP) is 4.87. The molecule has 0 bridgehead atoms. The molecule has 0 aliphatic heterocycles. The molecule has 0 aromatic heterocycles. The fraction of sp³-hybridized carbons (Fsp3) is 1.00. The zero-order valence-electron chi connectivity index (χ0n) is 8.93. The summed E-state index contributed by atoms with van der Waals surface area (Å²) in [6, 6.07) is 0. The van der Waals surface area contributed by atoms with E-state index < -0.39 is 0 Å². The van der Waals surface area contributed by atoms with E-state index in [0.29, 0.717) is 0 Å². The molecule has 0 saturated heterocycles. The number of thiol groups is 1. The predicted molar refractivity (Wildman–Crippen MR) is 68.3 cm³/mol. The molecule has 0 rings (SSSR count). The Labute approximate surface area is 95.7 Å². The average Bonchev–Trinajstić information content (AvgIpc) is 2.10. The molecular weight excluding hydrogens is 200 g/mol. The number of hydrogen-bond donors (Lipinski definition) is 1. The maximum Gasteiger partial charge on any atom is -0.00979 e. The monoisotopic (exact) mass is 224 g/mol. The van der Waals surface area contributed by atoms with E-state index in [4.69, 9.17) is 0 Å². The fourth-order valence-corrected chi connectivity index (χ4v) is 1.65. The van der Waals surface area contributed by atoms with Crippen LogP contribution in [0, 0.1) is 0 Å². The Morgan fingerprint density at radius 3 is 1.46 bits per heavy atom. The molecule has 2 heteroatoms. The summed E-state index contributed by atoms with van der Waals surface area (Å²) in [5.74, 6) is 1.07. The van der Waals surface area contributed by atoms with Crippen LogP contribution in [-0.2, 0) is 0 Å². The Hall–Kier alpha value is 0.640.